The van der Waals surface area contributed by atoms with Gasteiger partial charge in [0.15, 0.2) is 11.5 Å². The molecule has 2 aliphatic carbocycles. The van der Waals surface area contributed by atoms with E-state index in [-0.39, 0.29) is 23.1 Å². The molecule has 1 aliphatic heterocycles. The Bertz CT molecular complexity index is 1050. The molecule has 3 aliphatic rings. The SMILES string of the molecule is COc1ccc2cc(C(=O)NC3(CO)CCCC3)c(=O)n3c2c1OCC1(CC1)C3. The van der Waals surface area contributed by atoms with Crippen LogP contribution in [0.4, 0.5) is 0 Å². The first-order chi connectivity index (χ1) is 14.0. The Morgan fingerprint density at radius 1 is 1.28 bits per heavy atom. The standard InChI is InChI=1S/C22H26N2O5/c1-28-16-5-4-14-10-15(19(26)23-22(12-25)6-2-3-7-22)20(27)24-11-21(8-9-21)13-29-18(16)17(14)24/h4-5,10,25H,2-3,6-9,11-13H2,1H3,(H,23,26). The number of nitrogens with zero attached hydrogens (tertiary/aromatic N) is 1. The van der Waals surface area contributed by atoms with Gasteiger partial charge < -0.3 is 24.5 Å². The van der Waals surface area contributed by atoms with Crippen molar-refractivity contribution in [3.63, 3.8) is 0 Å². The lowest BCUT2D eigenvalue weighted by molar-refractivity contribution is 0.0836. The fourth-order valence-electron chi connectivity index (χ4n) is 4.81. The van der Waals surface area contributed by atoms with Crippen molar-refractivity contribution in [2.45, 2.75) is 50.6 Å². The molecule has 0 unspecified atom stereocenters. The number of nitrogens with one attached hydrogen (secondary N) is 1. The predicted molar refractivity (Wildman–Crippen MR) is 108 cm³/mol. The van der Waals surface area contributed by atoms with Crippen molar-refractivity contribution in [1.82, 2.24) is 9.88 Å². The van der Waals surface area contributed by atoms with E-state index in [1.54, 1.807) is 17.7 Å². The van der Waals surface area contributed by atoms with E-state index in [1.165, 1.54) is 0 Å². The second-order valence-corrected chi connectivity index (χ2v) is 8.87. The van der Waals surface area contributed by atoms with Gasteiger partial charge >= 0.3 is 0 Å². The van der Waals surface area contributed by atoms with E-state index in [2.05, 4.69) is 5.32 Å². The molecule has 7 heteroatoms. The van der Waals surface area contributed by atoms with Crippen LogP contribution < -0.4 is 20.3 Å². The van der Waals surface area contributed by atoms with Crippen LogP contribution in [-0.2, 0) is 6.54 Å². The van der Waals surface area contributed by atoms with Crippen molar-refractivity contribution < 1.29 is 19.4 Å². The van der Waals surface area contributed by atoms with Gasteiger partial charge in [-0.25, -0.2) is 0 Å². The van der Waals surface area contributed by atoms with Gasteiger partial charge in [0.2, 0.25) is 0 Å². The summed E-state index contributed by atoms with van der Waals surface area (Å²) < 4.78 is 13.3. The van der Waals surface area contributed by atoms with Gasteiger partial charge in [0, 0.05) is 17.3 Å². The summed E-state index contributed by atoms with van der Waals surface area (Å²) in [6, 6.07) is 5.31. The fraction of sp³-hybridized carbons (Fsp3) is 0.545. The van der Waals surface area contributed by atoms with Crippen molar-refractivity contribution in [2.24, 2.45) is 5.41 Å². The van der Waals surface area contributed by atoms with Crippen molar-refractivity contribution in [2.75, 3.05) is 20.3 Å². The van der Waals surface area contributed by atoms with E-state index >= 15 is 0 Å². The number of hydrogen-bond donors (Lipinski definition) is 2. The van der Waals surface area contributed by atoms with Gasteiger partial charge in [-0.3, -0.25) is 9.59 Å². The summed E-state index contributed by atoms with van der Waals surface area (Å²) in [5.74, 6) is 0.746. The molecule has 154 valence electrons. The molecule has 2 heterocycles. The number of pyridine rings is 1. The van der Waals surface area contributed by atoms with Gasteiger partial charge in [-0.1, -0.05) is 12.8 Å². The molecule has 7 nitrogen and oxygen atoms in total. The highest BCUT2D eigenvalue weighted by Gasteiger charge is 2.46. The van der Waals surface area contributed by atoms with E-state index < -0.39 is 11.4 Å². The molecule has 2 N–H and O–H groups in total. The monoisotopic (exact) mass is 398 g/mol. The molecule has 2 saturated carbocycles. The smallest absolute Gasteiger partial charge is 0.264 e. The molecule has 0 saturated heterocycles. The molecular weight excluding hydrogens is 372 g/mol. The van der Waals surface area contributed by atoms with Crippen LogP contribution in [0.5, 0.6) is 11.5 Å². The summed E-state index contributed by atoms with van der Waals surface area (Å²) in [7, 11) is 1.58. The maximum absolute atomic E-state index is 13.4. The molecule has 5 rings (SSSR count). The molecule has 2 aromatic rings. The van der Waals surface area contributed by atoms with Crippen LogP contribution in [0.25, 0.3) is 10.9 Å². The number of aromatic nitrogens is 1. The number of aliphatic hydroxyl groups is 1. The Kier molecular flexibility index (Phi) is 4.13. The first kappa shape index (κ1) is 18.5. The van der Waals surface area contributed by atoms with Crippen molar-refractivity contribution in [1.29, 1.82) is 0 Å². The number of benzene rings is 1. The zero-order chi connectivity index (χ0) is 20.2. The lowest BCUT2D eigenvalue weighted by Crippen LogP contribution is -2.50. The van der Waals surface area contributed by atoms with Gasteiger partial charge in [0.1, 0.15) is 5.56 Å². The third-order valence-corrected chi connectivity index (χ3v) is 6.85. The highest BCUT2D eigenvalue weighted by Crippen LogP contribution is 2.51. The van der Waals surface area contributed by atoms with Crippen LogP contribution in [0.2, 0.25) is 0 Å². The maximum atomic E-state index is 13.4. The van der Waals surface area contributed by atoms with Gasteiger partial charge in [0.25, 0.3) is 11.5 Å². The van der Waals surface area contributed by atoms with Crippen molar-refractivity contribution in [3.8, 4) is 11.5 Å². The van der Waals surface area contributed by atoms with Gasteiger partial charge in [-0.15, -0.1) is 0 Å². The maximum Gasteiger partial charge on any atom is 0.264 e. The van der Waals surface area contributed by atoms with E-state index in [1.807, 2.05) is 12.1 Å². The van der Waals surface area contributed by atoms with E-state index in [0.29, 0.717) is 30.2 Å². The Balaban J connectivity index is 1.64. The topological polar surface area (TPSA) is 89.8 Å². The molecule has 1 spiro atoms. The van der Waals surface area contributed by atoms with Crippen molar-refractivity contribution in [3.05, 3.63) is 34.1 Å². The molecule has 0 atom stereocenters. The van der Waals surface area contributed by atoms with Crippen LogP contribution in [-0.4, -0.2) is 41.4 Å². The number of ether oxygens (including phenoxy) is 2. The number of carbonyl (C=O) groups excluding carboxylic acids is 1. The van der Waals surface area contributed by atoms with Crippen LogP contribution in [0.15, 0.2) is 23.0 Å². The predicted octanol–water partition coefficient (Wildman–Crippen LogP) is 2.22. The summed E-state index contributed by atoms with van der Waals surface area (Å²) in [5.41, 5.74) is -0.178. The Morgan fingerprint density at radius 2 is 2.03 bits per heavy atom. The molecule has 0 radical (unpaired) electrons. The fourth-order valence-corrected chi connectivity index (χ4v) is 4.81. The Morgan fingerprint density at radius 3 is 2.69 bits per heavy atom. The lowest BCUT2D eigenvalue weighted by Gasteiger charge is -2.28. The van der Waals surface area contributed by atoms with Crippen LogP contribution in [0, 0.1) is 5.41 Å². The molecule has 1 amide bonds. The van der Waals surface area contributed by atoms with Crippen LogP contribution in [0.1, 0.15) is 48.9 Å². The Hall–Kier alpha value is -2.54. The highest BCUT2D eigenvalue weighted by molar-refractivity contribution is 5.99. The Labute approximate surface area is 168 Å². The molecule has 29 heavy (non-hydrogen) atoms. The summed E-state index contributed by atoms with van der Waals surface area (Å²) in [4.78, 5) is 26.5. The van der Waals surface area contributed by atoms with Crippen LogP contribution in [0.3, 0.4) is 0 Å². The molecule has 1 aromatic carbocycles. The van der Waals surface area contributed by atoms with Gasteiger partial charge in [-0.05, 0) is 43.9 Å². The average Bonchev–Trinajstić information content (AvgIpc) is 3.39. The third-order valence-electron chi connectivity index (χ3n) is 6.85. The number of carbonyl (C=O) groups is 1. The zero-order valence-electron chi connectivity index (χ0n) is 16.6. The summed E-state index contributed by atoms with van der Waals surface area (Å²) in [6.07, 6.45) is 5.39. The van der Waals surface area contributed by atoms with Gasteiger partial charge in [0.05, 0.1) is 31.4 Å². The highest BCUT2D eigenvalue weighted by atomic mass is 16.5. The minimum absolute atomic E-state index is 0.0480. The second kappa shape index (κ2) is 6.49. The lowest BCUT2D eigenvalue weighted by atomic mass is 9.98. The number of aliphatic hydroxyl groups excluding tert-OH is 1. The number of rotatable bonds is 4. The quantitative estimate of drug-likeness (QED) is 0.824. The summed E-state index contributed by atoms with van der Waals surface area (Å²) in [6.45, 7) is 0.965. The molecular formula is C22H26N2O5. The van der Waals surface area contributed by atoms with E-state index in [9.17, 15) is 14.7 Å². The molecule has 2 fully saturated rings. The third kappa shape index (κ3) is 2.90. The second-order valence-electron chi connectivity index (χ2n) is 8.87. The van der Waals surface area contributed by atoms with Crippen LogP contribution >= 0.6 is 0 Å². The van der Waals surface area contributed by atoms with E-state index in [0.717, 1.165) is 43.9 Å². The molecule has 1 aromatic heterocycles. The normalized spacial score (nSPS) is 20.9. The van der Waals surface area contributed by atoms with Gasteiger partial charge in [-0.2, -0.15) is 0 Å². The largest absolute Gasteiger partial charge is 0.493 e. The summed E-state index contributed by atoms with van der Waals surface area (Å²) in [5, 5.41) is 13.6. The first-order valence-corrected chi connectivity index (χ1v) is 10.3. The number of amides is 1. The van der Waals surface area contributed by atoms with Crippen molar-refractivity contribution >= 4 is 16.8 Å². The number of hydrogen-bond acceptors (Lipinski definition) is 5. The number of methoxy groups -OCH3 is 1. The first-order valence-electron chi connectivity index (χ1n) is 10.3. The molecule has 0 bridgehead atoms. The van der Waals surface area contributed by atoms with E-state index in [4.69, 9.17) is 9.47 Å². The minimum Gasteiger partial charge on any atom is -0.493 e. The zero-order valence-corrected chi connectivity index (χ0v) is 16.6. The summed E-state index contributed by atoms with van der Waals surface area (Å²) >= 11 is 0. The average molecular weight is 398 g/mol. The minimum atomic E-state index is -0.622.